The van der Waals surface area contributed by atoms with E-state index in [1.807, 2.05) is 48.5 Å². The second kappa shape index (κ2) is 8.24. The van der Waals surface area contributed by atoms with Crippen LogP contribution in [0.4, 0.5) is 10.5 Å². The van der Waals surface area contributed by atoms with Gasteiger partial charge in [-0.3, -0.25) is 14.5 Å². The lowest BCUT2D eigenvalue weighted by Gasteiger charge is -2.22. The fourth-order valence-electron chi connectivity index (χ4n) is 3.61. The average molecular weight is 434 g/mol. The molecule has 31 heavy (non-hydrogen) atoms. The molecule has 1 fully saturated rings. The van der Waals surface area contributed by atoms with Gasteiger partial charge in [0.1, 0.15) is 12.1 Å². The van der Waals surface area contributed by atoms with Gasteiger partial charge in [0.25, 0.3) is 5.91 Å². The summed E-state index contributed by atoms with van der Waals surface area (Å²) >= 11 is 5.92. The third-order valence-corrected chi connectivity index (χ3v) is 5.54. The van der Waals surface area contributed by atoms with Crippen LogP contribution >= 0.6 is 11.6 Å². The number of hydrogen-bond donors (Lipinski definition) is 2. The van der Waals surface area contributed by atoms with Crippen molar-refractivity contribution in [3.05, 3.63) is 89.4 Å². The second-order valence-electron chi connectivity index (χ2n) is 7.41. The molecule has 0 aliphatic carbocycles. The fourth-order valence-corrected chi connectivity index (χ4v) is 3.74. The molecular weight excluding hydrogens is 414 g/mol. The summed E-state index contributed by atoms with van der Waals surface area (Å²) in [4.78, 5) is 39.2. The summed E-state index contributed by atoms with van der Waals surface area (Å²) in [6, 6.07) is 23.1. The van der Waals surface area contributed by atoms with Crippen LogP contribution in [0.5, 0.6) is 0 Å². The van der Waals surface area contributed by atoms with Crippen molar-refractivity contribution in [2.75, 3.05) is 11.9 Å². The molecule has 0 radical (unpaired) electrons. The van der Waals surface area contributed by atoms with Gasteiger partial charge < -0.3 is 10.6 Å². The number of carbonyl (C=O) groups excluding carboxylic acids is 3. The summed E-state index contributed by atoms with van der Waals surface area (Å²) < 4.78 is 0. The minimum Gasteiger partial charge on any atom is -0.324 e. The largest absolute Gasteiger partial charge is 0.325 e. The Hall–Kier alpha value is -3.64. The van der Waals surface area contributed by atoms with E-state index in [0.717, 1.165) is 16.0 Å². The maximum atomic E-state index is 13.0. The standard InChI is InChI=1S/C24H20ClN3O3/c1-24(17-11-13-18(25)14-12-17)22(30)28(23(31)27-24)15-21(29)26-20-10-6-5-9-19(20)16-7-3-2-4-8-16/h2-14H,15H2,1H3,(H,26,29)(H,27,31). The minimum absolute atomic E-state index is 0.392. The molecule has 3 aromatic rings. The van der Waals surface area contributed by atoms with Gasteiger partial charge in [-0.15, -0.1) is 0 Å². The normalized spacial score (nSPS) is 18.1. The lowest BCUT2D eigenvalue weighted by molar-refractivity contribution is -0.133. The van der Waals surface area contributed by atoms with Gasteiger partial charge in [-0.1, -0.05) is 72.3 Å². The highest BCUT2D eigenvalue weighted by atomic mass is 35.5. The molecule has 1 saturated heterocycles. The molecule has 0 bridgehead atoms. The number of hydrogen-bond acceptors (Lipinski definition) is 3. The number of halogens is 1. The number of carbonyl (C=O) groups is 3. The van der Waals surface area contributed by atoms with Gasteiger partial charge in [0, 0.05) is 16.3 Å². The third kappa shape index (κ3) is 4.02. The van der Waals surface area contributed by atoms with Crippen LogP contribution in [0.2, 0.25) is 5.02 Å². The first-order chi connectivity index (χ1) is 14.9. The third-order valence-electron chi connectivity index (χ3n) is 5.28. The quantitative estimate of drug-likeness (QED) is 0.585. The number of anilines is 1. The molecule has 0 spiro atoms. The summed E-state index contributed by atoms with van der Waals surface area (Å²) in [5, 5.41) is 6.03. The second-order valence-corrected chi connectivity index (χ2v) is 7.85. The Morgan fingerprint density at radius 1 is 0.968 bits per heavy atom. The van der Waals surface area contributed by atoms with Crippen molar-refractivity contribution in [1.82, 2.24) is 10.2 Å². The number of benzene rings is 3. The molecule has 1 heterocycles. The van der Waals surface area contributed by atoms with E-state index >= 15 is 0 Å². The summed E-state index contributed by atoms with van der Waals surface area (Å²) in [6.07, 6.45) is 0. The van der Waals surface area contributed by atoms with Gasteiger partial charge in [-0.05, 0) is 36.2 Å². The topological polar surface area (TPSA) is 78.5 Å². The number of rotatable bonds is 5. The van der Waals surface area contributed by atoms with Crippen molar-refractivity contribution in [2.45, 2.75) is 12.5 Å². The van der Waals surface area contributed by atoms with Gasteiger partial charge in [-0.25, -0.2) is 4.79 Å². The molecule has 7 heteroatoms. The van der Waals surface area contributed by atoms with Crippen LogP contribution in [0.25, 0.3) is 11.1 Å². The monoisotopic (exact) mass is 433 g/mol. The van der Waals surface area contributed by atoms with Crippen molar-refractivity contribution in [1.29, 1.82) is 0 Å². The lowest BCUT2D eigenvalue weighted by atomic mass is 9.92. The maximum absolute atomic E-state index is 13.0. The van der Waals surface area contributed by atoms with Crippen molar-refractivity contribution in [3.63, 3.8) is 0 Å². The van der Waals surface area contributed by atoms with E-state index in [1.165, 1.54) is 0 Å². The molecule has 1 unspecified atom stereocenters. The Bertz CT molecular complexity index is 1150. The highest BCUT2D eigenvalue weighted by Crippen LogP contribution is 2.30. The highest BCUT2D eigenvalue weighted by molar-refractivity contribution is 6.30. The van der Waals surface area contributed by atoms with Crippen LogP contribution in [-0.2, 0) is 15.1 Å². The minimum atomic E-state index is -1.26. The number of amides is 4. The van der Waals surface area contributed by atoms with Crippen LogP contribution in [0.1, 0.15) is 12.5 Å². The number of nitrogens with zero attached hydrogens (tertiary/aromatic N) is 1. The molecule has 0 saturated carbocycles. The molecule has 1 atom stereocenters. The molecule has 156 valence electrons. The smallest absolute Gasteiger partial charge is 0.324 e. The summed E-state index contributed by atoms with van der Waals surface area (Å²) in [5.41, 5.74) is 1.73. The Morgan fingerprint density at radius 2 is 1.61 bits per heavy atom. The molecule has 4 amide bonds. The molecule has 0 aromatic heterocycles. The summed E-state index contributed by atoms with van der Waals surface area (Å²) in [7, 11) is 0. The molecule has 4 rings (SSSR count). The zero-order chi connectivity index (χ0) is 22.0. The van der Waals surface area contributed by atoms with Crippen LogP contribution in [0.15, 0.2) is 78.9 Å². The first-order valence-electron chi connectivity index (χ1n) is 9.73. The summed E-state index contributed by atoms with van der Waals surface area (Å²) in [6.45, 7) is 1.22. The fraction of sp³-hybridized carbons (Fsp3) is 0.125. The number of imide groups is 1. The van der Waals surface area contributed by atoms with Crippen LogP contribution in [-0.4, -0.2) is 29.3 Å². The predicted molar refractivity (Wildman–Crippen MR) is 120 cm³/mol. The highest BCUT2D eigenvalue weighted by Gasteiger charge is 2.49. The van der Waals surface area contributed by atoms with E-state index in [4.69, 9.17) is 11.6 Å². The van der Waals surface area contributed by atoms with Crippen molar-refractivity contribution in [3.8, 4) is 11.1 Å². The lowest BCUT2D eigenvalue weighted by Crippen LogP contribution is -2.42. The van der Waals surface area contributed by atoms with Crippen LogP contribution < -0.4 is 10.6 Å². The number of nitrogens with one attached hydrogen (secondary N) is 2. The first kappa shape index (κ1) is 20.6. The molecule has 3 aromatic carbocycles. The number of urea groups is 1. The zero-order valence-electron chi connectivity index (χ0n) is 16.8. The molecule has 2 N–H and O–H groups in total. The molecule has 1 aliphatic heterocycles. The zero-order valence-corrected chi connectivity index (χ0v) is 17.5. The van der Waals surface area contributed by atoms with Gasteiger partial charge in [0.15, 0.2) is 0 Å². The number of para-hydroxylation sites is 1. The van der Waals surface area contributed by atoms with Gasteiger partial charge in [-0.2, -0.15) is 0 Å². The Labute approximate surface area is 184 Å². The SMILES string of the molecule is CC1(c2ccc(Cl)cc2)NC(=O)N(CC(=O)Nc2ccccc2-c2ccccc2)C1=O. The van der Waals surface area contributed by atoms with E-state index in [0.29, 0.717) is 16.3 Å². The van der Waals surface area contributed by atoms with E-state index in [-0.39, 0.29) is 0 Å². The predicted octanol–water partition coefficient (Wildman–Crippen LogP) is 4.41. The molecule has 1 aliphatic rings. The molecule has 6 nitrogen and oxygen atoms in total. The van der Waals surface area contributed by atoms with E-state index < -0.39 is 29.9 Å². The van der Waals surface area contributed by atoms with Gasteiger partial charge >= 0.3 is 6.03 Å². The van der Waals surface area contributed by atoms with Crippen molar-refractivity contribution >= 4 is 35.1 Å². The first-order valence-corrected chi connectivity index (χ1v) is 10.1. The van der Waals surface area contributed by atoms with Crippen LogP contribution in [0, 0.1) is 0 Å². The Kier molecular flexibility index (Phi) is 5.48. The van der Waals surface area contributed by atoms with E-state index in [9.17, 15) is 14.4 Å². The van der Waals surface area contributed by atoms with E-state index in [1.54, 1.807) is 37.3 Å². The van der Waals surface area contributed by atoms with Gasteiger partial charge in [0.2, 0.25) is 5.91 Å². The molecular formula is C24H20ClN3O3. The Morgan fingerprint density at radius 3 is 2.32 bits per heavy atom. The van der Waals surface area contributed by atoms with E-state index in [2.05, 4.69) is 10.6 Å². The van der Waals surface area contributed by atoms with Gasteiger partial charge in [0.05, 0.1) is 0 Å². The van der Waals surface area contributed by atoms with Crippen LogP contribution in [0.3, 0.4) is 0 Å². The maximum Gasteiger partial charge on any atom is 0.325 e. The Balaban J connectivity index is 1.52. The average Bonchev–Trinajstić information content (AvgIpc) is 2.99. The van der Waals surface area contributed by atoms with Crippen molar-refractivity contribution in [2.24, 2.45) is 0 Å². The van der Waals surface area contributed by atoms with Crippen molar-refractivity contribution < 1.29 is 14.4 Å². The summed E-state index contributed by atoms with van der Waals surface area (Å²) in [5.74, 6) is -0.960.